The molecule has 1 aromatic carbocycles. The fourth-order valence-electron chi connectivity index (χ4n) is 2.45. The van der Waals surface area contributed by atoms with Crippen LogP contribution in [0.4, 0.5) is 17.6 Å². The summed E-state index contributed by atoms with van der Waals surface area (Å²) in [5.74, 6) is -2.39. The van der Waals surface area contributed by atoms with Gasteiger partial charge in [-0.05, 0) is 19.1 Å². The summed E-state index contributed by atoms with van der Waals surface area (Å²) in [5.41, 5.74) is -3.44. The van der Waals surface area contributed by atoms with Crippen molar-refractivity contribution in [2.45, 2.75) is 31.2 Å². The second-order valence-corrected chi connectivity index (χ2v) is 6.11. The molecule has 2 rings (SSSR count). The number of para-hydroxylation sites is 1. The van der Waals surface area contributed by atoms with E-state index in [0.717, 1.165) is 10.8 Å². The Kier molecular flexibility index (Phi) is 6.09. The standard InChI is InChI=1S/C17H19F4N3O3/c1-11(10-27-13-6-4-3-5-12(13)18)23-14(25)9-16(26,17(19,20)21)15-22-7-8-24(15)2/h3-8,11,26H,9-10H2,1-2H3,(H,23,25). The molecule has 2 aromatic rings. The van der Waals surface area contributed by atoms with Crippen molar-refractivity contribution in [1.82, 2.24) is 14.9 Å². The predicted molar refractivity (Wildman–Crippen MR) is 87.3 cm³/mol. The molecular formula is C17H19F4N3O3. The Balaban J connectivity index is 2.02. The fourth-order valence-corrected chi connectivity index (χ4v) is 2.45. The molecule has 0 aliphatic heterocycles. The van der Waals surface area contributed by atoms with E-state index in [-0.39, 0.29) is 12.4 Å². The molecule has 10 heteroatoms. The van der Waals surface area contributed by atoms with Crippen molar-refractivity contribution in [1.29, 1.82) is 0 Å². The number of carbonyl (C=O) groups is 1. The van der Waals surface area contributed by atoms with Gasteiger partial charge in [0.2, 0.25) is 11.5 Å². The van der Waals surface area contributed by atoms with Crippen molar-refractivity contribution in [3.8, 4) is 5.75 Å². The van der Waals surface area contributed by atoms with E-state index >= 15 is 0 Å². The summed E-state index contributed by atoms with van der Waals surface area (Å²) in [4.78, 5) is 15.6. The number of ether oxygens (including phenoxy) is 1. The summed E-state index contributed by atoms with van der Waals surface area (Å²) in [6.45, 7) is 1.31. The first kappa shape index (κ1) is 20.7. The lowest BCUT2D eigenvalue weighted by atomic mass is 9.97. The summed E-state index contributed by atoms with van der Waals surface area (Å²) in [6.07, 6.45) is -4.06. The molecule has 0 bridgehead atoms. The maximum absolute atomic E-state index is 13.5. The van der Waals surface area contributed by atoms with E-state index in [1.165, 1.54) is 38.4 Å². The molecule has 2 atom stereocenters. The van der Waals surface area contributed by atoms with Gasteiger partial charge in [-0.3, -0.25) is 4.79 Å². The van der Waals surface area contributed by atoms with Crippen molar-refractivity contribution in [3.63, 3.8) is 0 Å². The van der Waals surface area contributed by atoms with E-state index < -0.39 is 41.8 Å². The number of nitrogens with one attached hydrogen (secondary N) is 1. The first-order valence-electron chi connectivity index (χ1n) is 7.98. The number of aryl methyl sites for hydroxylation is 1. The monoisotopic (exact) mass is 389 g/mol. The molecule has 0 spiro atoms. The van der Waals surface area contributed by atoms with E-state index in [1.54, 1.807) is 6.07 Å². The molecule has 0 fully saturated rings. The van der Waals surface area contributed by atoms with Crippen LogP contribution < -0.4 is 10.1 Å². The largest absolute Gasteiger partial charge is 0.488 e. The van der Waals surface area contributed by atoms with Gasteiger partial charge in [0.25, 0.3) is 0 Å². The summed E-state index contributed by atoms with van der Waals surface area (Å²) in [5, 5.41) is 12.5. The molecule has 0 saturated heterocycles. The number of aliphatic hydroxyl groups is 1. The Labute approximate surface area is 152 Å². The van der Waals surface area contributed by atoms with Crippen LogP contribution in [0.1, 0.15) is 19.2 Å². The van der Waals surface area contributed by atoms with Gasteiger partial charge in [0.15, 0.2) is 17.4 Å². The quantitative estimate of drug-likeness (QED) is 0.713. The number of alkyl halides is 3. The van der Waals surface area contributed by atoms with Crippen LogP contribution in [0.5, 0.6) is 5.75 Å². The predicted octanol–water partition coefficient (Wildman–Crippen LogP) is 2.28. The van der Waals surface area contributed by atoms with Crippen molar-refractivity contribution in [2.75, 3.05) is 6.61 Å². The van der Waals surface area contributed by atoms with Gasteiger partial charge in [0, 0.05) is 19.4 Å². The van der Waals surface area contributed by atoms with Gasteiger partial charge in [-0.1, -0.05) is 12.1 Å². The second kappa shape index (κ2) is 7.95. The van der Waals surface area contributed by atoms with Crippen LogP contribution in [-0.4, -0.2) is 39.4 Å². The van der Waals surface area contributed by atoms with Crippen LogP contribution in [0.2, 0.25) is 0 Å². The molecule has 27 heavy (non-hydrogen) atoms. The molecule has 6 nitrogen and oxygen atoms in total. The Morgan fingerprint density at radius 1 is 1.37 bits per heavy atom. The zero-order valence-corrected chi connectivity index (χ0v) is 14.6. The molecule has 1 amide bonds. The fraction of sp³-hybridized carbons (Fsp3) is 0.412. The average Bonchev–Trinajstić information content (AvgIpc) is 2.99. The normalized spacial score (nSPS) is 15.1. The highest BCUT2D eigenvalue weighted by atomic mass is 19.4. The SMILES string of the molecule is CC(COc1ccccc1F)NC(=O)CC(O)(c1nccn1C)C(F)(F)F. The number of nitrogens with zero attached hydrogens (tertiary/aromatic N) is 2. The van der Waals surface area contributed by atoms with Gasteiger partial charge in [-0.2, -0.15) is 13.2 Å². The van der Waals surface area contributed by atoms with Crippen LogP contribution >= 0.6 is 0 Å². The minimum absolute atomic E-state index is 0.0431. The van der Waals surface area contributed by atoms with Crippen LogP contribution in [0, 0.1) is 5.82 Å². The van der Waals surface area contributed by atoms with Crippen molar-refractivity contribution < 1.29 is 32.2 Å². The lowest BCUT2D eigenvalue weighted by molar-refractivity contribution is -0.271. The number of imidazole rings is 1. The molecule has 0 radical (unpaired) electrons. The number of carbonyl (C=O) groups excluding carboxylic acids is 1. The van der Waals surface area contributed by atoms with Crippen LogP contribution in [0.25, 0.3) is 0 Å². The number of rotatable bonds is 7. The minimum Gasteiger partial charge on any atom is -0.488 e. The molecule has 148 valence electrons. The van der Waals surface area contributed by atoms with E-state index in [0.29, 0.717) is 0 Å². The smallest absolute Gasteiger partial charge is 0.425 e. The molecule has 2 N–H and O–H groups in total. The third-order valence-corrected chi connectivity index (χ3v) is 3.81. The lowest BCUT2D eigenvalue weighted by Gasteiger charge is -2.29. The third kappa shape index (κ3) is 4.76. The summed E-state index contributed by atoms with van der Waals surface area (Å²) in [6, 6.07) is 4.87. The third-order valence-electron chi connectivity index (χ3n) is 3.81. The highest BCUT2D eigenvalue weighted by molar-refractivity contribution is 5.77. The van der Waals surface area contributed by atoms with E-state index in [9.17, 15) is 27.5 Å². The highest BCUT2D eigenvalue weighted by Gasteiger charge is 2.58. The Bertz CT molecular complexity index is 794. The molecule has 2 unspecified atom stereocenters. The lowest BCUT2D eigenvalue weighted by Crippen LogP contribution is -2.49. The van der Waals surface area contributed by atoms with E-state index in [2.05, 4.69) is 10.3 Å². The summed E-state index contributed by atoms with van der Waals surface area (Å²) < 4.78 is 59.9. The number of hydrogen-bond acceptors (Lipinski definition) is 4. The van der Waals surface area contributed by atoms with Crippen LogP contribution in [-0.2, 0) is 17.4 Å². The Morgan fingerprint density at radius 3 is 2.59 bits per heavy atom. The molecule has 0 aliphatic rings. The highest BCUT2D eigenvalue weighted by Crippen LogP contribution is 2.40. The van der Waals surface area contributed by atoms with Gasteiger partial charge >= 0.3 is 6.18 Å². The van der Waals surface area contributed by atoms with Crippen LogP contribution in [0.15, 0.2) is 36.7 Å². The first-order valence-corrected chi connectivity index (χ1v) is 7.98. The van der Waals surface area contributed by atoms with Crippen LogP contribution in [0.3, 0.4) is 0 Å². The number of amides is 1. The van der Waals surface area contributed by atoms with Crippen molar-refractivity contribution in [3.05, 3.63) is 48.3 Å². The first-order chi connectivity index (χ1) is 12.5. The van der Waals surface area contributed by atoms with Gasteiger partial charge in [-0.15, -0.1) is 0 Å². The van der Waals surface area contributed by atoms with E-state index in [4.69, 9.17) is 4.74 Å². The Morgan fingerprint density at radius 2 is 2.04 bits per heavy atom. The number of hydrogen-bond donors (Lipinski definition) is 2. The van der Waals surface area contributed by atoms with Crippen molar-refractivity contribution in [2.24, 2.45) is 7.05 Å². The van der Waals surface area contributed by atoms with Gasteiger partial charge < -0.3 is 19.7 Å². The van der Waals surface area contributed by atoms with Gasteiger partial charge in [0.05, 0.1) is 12.5 Å². The summed E-state index contributed by atoms with van der Waals surface area (Å²) in [7, 11) is 1.28. The second-order valence-electron chi connectivity index (χ2n) is 6.11. The van der Waals surface area contributed by atoms with E-state index in [1.807, 2.05) is 0 Å². The number of benzene rings is 1. The average molecular weight is 389 g/mol. The Hall–Kier alpha value is -2.62. The molecule has 0 saturated carbocycles. The minimum atomic E-state index is -5.11. The number of aromatic nitrogens is 2. The van der Waals surface area contributed by atoms with Crippen molar-refractivity contribution >= 4 is 5.91 Å². The zero-order valence-electron chi connectivity index (χ0n) is 14.6. The number of halogens is 4. The van der Waals surface area contributed by atoms with Gasteiger partial charge in [-0.25, -0.2) is 9.37 Å². The molecule has 1 heterocycles. The summed E-state index contributed by atoms with van der Waals surface area (Å²) >= 11 is 0. The topological polar surface area (TPSA) is 76.4 Å². The van der Waals surface area contributed by atoms with Gasteiger partial charge in [0.1, 0.15) is 6.61 Å². The maximum Gasteiger partial charge on any atom is 0.425 e. The molecular weight excluding hydrogens is 370 g/mol. The molecule has 1 aromatic heterocycles. The maximum atomic E-state index is 13.5. The zero-order chi connectivity index (χ0) is 20.2. The molecule has 0 aliphatic carbocycles.